The molecule has 0 amide bonds. The lowest BCUT2D eigenvalue weighted by atomic mass is 9.46. The van der Waals surface area contributed by atoms with Gasteiger partial charge in [-0.2, -0.15) is 0 Å². The van der Waals surface area contributed by atoms with Crippen LogP contribution < -0.4 is 0 Å². The molecule has 4 nitrogen and oxygen atoms in total. The first-order chi connectivity index (χ1) is 12.8. The number of carbonyl (C=O) groups excluding carboxylic acids is 1. The minimum atomic E-state index is -0.403. The SMILES string of the molecule is CC(=O)C1CCC2C3CC=C4CC5(CC[C@]4(C)C3[C@@H](O)C[C@]12C)OCCO5. The molecule has 4 aliphatic carbocycles. The van der Waals surface area contributed by atoms with Crippen molar-refractivity contribution in [1.29, 1.82) is 0 Å². The van der Waals surface area contributed by atoms with Gasteiger partial charge in [0.1, 0.15) is 5.78 Å². The molecule has 3 saturated carbocycles. The Kier molecular flexibility index (Phi) is 4.00. The van der Waals surface area contributed by atoms with Gasteiger partial charge in [0, 0.05) is 18.8 Å². The summed E-state index contributed by atoms with van der Waals surface area (Å²) >= 11 is 0. The van der Waals surface area contributed by atoms with Gasteiger partial charge in [-0.1, -0.05) is 25.5 Å². The summed E-state index contributed by atoms with van der Waals surface area (Å²) < 4.78 is 12.0. The molecule has 1 saturated heterocycles. The van der Waals surface area contributed by atoms with Crippen LogP contribution in [0.5, 0.6) is 0 Å². The highest BCUT2D eigenvalue weighted by Gasteiger charge is 2.63. The molecule has 5 rings (SSSR count). The lowest BCUT2D eigenvalue weighted by molar-refractivity contribution is -0.194. The molecule has 0 bridgehead atoms. The van der Waals surface area contributed by atoms with Gasteiger partial charge in [0.2, 0.25) is 0 Å². The van der Waals surface area contributed by atoms with Gasteiger partial charge in [0.05, 0.1) is 19.3 Å². The van der Waals surface area contributed by atoms with Crippen LogP contribution in [0.25, 0.3) is 0 Å². The average molecular weight is 375 g/mol. The van der Waals surface area contributed by atoms with Crippen molar-refractivity contribution >= 4 is 5.78 Å². The molecule has 0 aromatic carbocycles. The smallest absolute Gasteiger partial charge is 0.172 e. The van der Waals surface area contributed by atoms with Crippen molar-refractivity contribution in [1.82, 2.24) is 0 Å². The zero-order chi connectivity index (χ0) is 19.0. The molecule has 1 heterocycles. The molecule has 7 atom stereocenters. The van der Waals surface area contributed by atoms with Gasteiger partial charge in [-0.05, 0) is 67.6 Å². The van der Waals surface area contributed by atoms with E-state index in [1.54, 1.807) is 6.92 Å². The fourth-order valence-electron chi connectivity index (χ4n) is 8.15. The molecule has 27 heavy (non-hydrogen) atoms. The Labute approximate surface area is 162 Å². The van der Waals surface area contributed by atoms with E-state index >= 15 is 0 Å². The van der Waals surface area contributed by atoms with Gasteiger partial charge in [-0.3, -0.25) is 4.79 Å². The van der Waals surface area contributed by atoms with Crippen molar-refractivity contribution in [3.05, 3.63) is 11.6 Å². The van der Waals surface area contributed by atoms with E-state index in [-0.39, 0.29) is 22.9 Å². The van der Waals surface area contributed by atoms with E-state index in [2.05, 4.69) is 19.9 Å². The number of fused-ring (bicyclic) bond motifs is 5. The second kappa shape index (κ2) is 5.90. The predicted octanol–water partition coefficient (Wildman–Crippen LogP) is 3.87. The van der Waals surface area contributed by atoms with E-state index in [0.29, 0.717) is 36.8 Å². The van der Waals surface area contributed by atoms with E-state index in [9.17, 15) is 9.90 Å². The standard InChI is InChI=1S/C23H34O4/c1-14(24)17-6-7-18-16-5-4-15-12-23(26-10-11-27-23)9-8-21(15,2)20(16)19(25)13-22(17,18)3/h4,16-20,25H,5-13H2,1-3H3/t16?,17?,18?,19-,20?,21-,22+/m0/s1. The lowest BCUT2D eigenvalue weighted by Gasteiger charge is -2.60. The van der Waals surface area contributed by atoms with Crippen LogP contribution in [-0.4, -0.2) is 36.0 Å². The summed E-state index contributed by atoms with van der Waals surface area (Å²) in [6.07, 6.45) is 8.91. The van der Waals surface area contributed by atoms with Crippen molar-refractivity contribution in [3.8, 4) is 0 Å². The minimum Gasteiger partial charge on any atom is -0.393 e. The first kappa shape index (κ1) is 18.3. The van der Waals surface area contributed by atoms with E-state index in [4.69, 9.17) is 9.47 Å². The molecule has 4 unspecified atom stereocenters. The molecular weight excluding hydrogens is 340 g/mol. The first-order valence-corrected chi connectivity index (χ1v) is 11.0. The van der Waals surface area contributed by atoms with Crippen LogP contribution in [0.1, 0.15) is 65.7 Å². The fraction of sp³-hybridized carbons (Fsp3) is 0.870. The Morgan fingerprint density at radius 1 is 1.19 bits per heavy atom. The summed E-state index contributed by atoms with van der Waals surface area (Å²) in [6.45, 7) is 7.81. The number of aliphatic hydroxyl groups is 1. The number of hydrogen-bond donors (Lipinski definition) is 1. The number of Topliss-reactive ketones (excluding diaryl/α,β-unsaturated/α-hetero) is 1. The molecule has 0 aromatic rings. The topological polar surface area (TPSA) is 55.8 Å². The van der Waals surface area contributed by atoms with E-state index in [0.717, 1.165) is 44.9 Å². The highest BCUT2D eigenvalue weighted by molar-refractivity contribution is 5.79. The summed E-state index contributed by atoms with van der Waals surface area (Å²) in [5.74, 6) is 1.41. The van der Waals surface area contributed by atoms with Gasteiger partial charge in [0.25, 0.3) is 0 Å². The van der Waals surface area contributed by atoms with Crippen molar-refractivity contribution in [3.63, 3.8) is 0 Å². The van der Waals surface area contributed by atoms with Gasteiger partial charge in [-0.25, -0.2) is 0 Å². The zero-order valence-corrected chi connectivity index (χ0v) is 17.0. The van der Waals surface area contributed by atoms with E-state index in [1.807, 2.05) is 0 Å². The maximum Gasteiger partial charge on any atom is 0.172 e. The lowest BCUT2D eigenvalue weighted by Crippen LogP contribution is -2.57. The molecule has 0 aromatic heterocycles. The van der Waals surface area contributed by atoms with E-state index < -0.39 is 5.79 Å². The molecule has 150 valence electrons. The average Bonchev–Trinajstić information content (AvgIpc) is 3.19. The van der Waals surface area contributed by atoms with Crippen molar-refractivity contribution in [2.24, 2.45) is 34.5 Å². The summed E-state index contributed by atoms with van der Waals surface area (Å²) in [5.41, 5.74) is 1.46. The Hall–Kier alpha value is -0.710. The summed E-state index contributed by atoms with van der Waals surface area (Å²) in [4.78, 5) is 12.3. The van der Waals surface area contributed by atoms with Crippen LogP contribution in [0.15, 0.2) is 11.6 Å². The maximum absolute atomic E-state index is 12.3. The third-order valence-corrected chi connectivity index (χ3v) is 9.35. The van der Waals surface area contributed by atoms with Gasteiger partial charge in [-0.15, -0.1) is 0 Å². The van der Waals surface area contributed by atoms with Crippen LogP contribution >= 0.6 is 0 Å². The van der Waals surface area contributed by atoms with Crippen molar-refractivity contribution in [2.75, 3.05) is 13.2 Å². The van der Waals surface area contributed by atoms with Gasteiger partial charge in [0.15, 0.2) is 5.79 Å². The van der Waals surface area contributed by atoms with Crippen LogP contribution in [0.3, 0.4) is 0 Å². The molecule has 1 N–H and O–H groups in total. The Bertz CT molecular complexity index is 678. The quantitative estimate of drug-likeness (QED) is 0.708. The number of aliphatic hydroxyl groups excluding tert-OH is 1. The number of rotatable bonds is 1. The van der Waals surface area contributed by atoms with Crippen LogP contribution in [0, 0.1) is 34.5 Å². The zero-order valence-electron chi connectivity index (χ0n) is 17.0. The van der Waals surface area contributed by atoms with Crippen molar-refractivity contribution in [2.45, 2.75) is 77.6 Å². The minimum absolute atomic E-state index is 0.0261. The summed E-state index contributed by atoms with van der Waals surface area (Å²) in [6, 6.07) is 0. The first-order valence-electron chi connectivity index (χ1n) is 11.0. The van der Waals surface area contributed by atoms with Gasteiger partial charge >= 0.3 is 0 Å². The van der Waals surface area contributed by atoms with Crippen LogP contribution in [0.2, 0.25) is 0 Å². The van der Waals surface area contributed by atoms with Gasteiger partial charge < -0.3 is 14.6 Å². The number of hydrogen-bond acceptors (Lipinski definition) is 4. The molecule has 1 aliphatic heterocycles. The number of ether oxygens (including phenoxy) is 2. The molecule has 5 aliphatic rings. The fourth-order valence-corrected chi connectivity index (χ4v) is 8.15. The second-order valence-electron chi connectivity index (χ2n) is 10.5. The molecule has 4 heteroatoms. The number of ketones is 1. The third kappa shape index (κ3) is 2.42. The normalized spacial score (nSPS) is 50.7. The molecule has 4 fully saturated rings. The van der Waals surface area contributed by atoms with E-state index in [1.165, 1.54) is 5.57 Å². The molecule has 0 radical (unpaired) electrons. The maximum atomic E-state index is 12.3. The molecule has 1 spiro atoms. The Morgan fingerprint density at radius 3 is 2.63 bits per heavy atom. The van der Waals surface area contributed by atoms with Crippen molar-refractivity contribution < 1.29 is 19.4 Å². The summed E-state index contributed by atoms with van der Waals surface area (Å²) in [5, 5.41) is 11.4. The molecular formula is C23H34O4. The number of carbonyl (C=O) groups is 1. The third-order valence-electron chi connectivity index (χ3n) is 9.35. The Balaban J connectivity index is 1.49. The highest BCUT2D eigenvalue weighted by Crippen LogP contribution is 2.67. The monoisotopic (exact) mass is 374 g/mol. The largest absolute Gasteiger partial charge is 0.393 e. The summed E-state index contributed by atoms with van der Waals surface area (Å²) in [7, 11) is 0. The second-order valence-corrected chi connectivity index (χ2v) is 10.5. The Morgan fingerprint density at radius 2 is 1.93 bits per heavy atom. The number of allylic oxidation sites excluding steroid dienone is 1. The van der Waals surface area contributed by atoms with Crippen LogP contribution in [0.4, 0.5) is 0 Å². The highest BCUT2D eigenvalue weighted by atomic mass is 16.7. The van der Waals surface area contributed by atoms with Crippen LogP contribution in [-0.2, 0) is 14.3 Å². The predicted molar refractivity (Wildman–Crippen MR) is 102 cm³/mol.